The molecule has 0 saturated carbocycles. The van der Waals surface area contributed by atoms with Crippen LogP contribution in [0.1, 0.15) is 155 Å². The van der Waals surface area contributed by atoms with Gasteiger partial charge in [-0.05, 0) is 77.0 Å². The third-order valence-electron chi connectivity index (χ3n) is 9.07. The fourth-order valence-electron chi connectivity index (χ4n) is 5.60. The third kappa shape index (κ3) is 32.7. The zero-order valence-electron chi connectivity index (χ0n) is 34.5. The first-order chi connectivity index (χ1) is 27.2. The predicted molar refractivity (Wildman–Crippen MR) is 223 cm³/mol. The van der Waals surface area contributed by atoms with Crippen molar-refractivity contribution in [1.29, 1.82) is 0 Å². The summed E-state index contributed by atoms with van der Waals surface area (Å²) in [5.41, 5.74) is 0. The molecule has 12 heteroatoms. The molecule has 0 aromatic heterocycles. The van der Waals surface area contributed by atoms with Gasteiger partial charge in [0.2, 0.25) is 0 Å². The highest BCUT2D eigenvalue weighted by Crippen LogP contribution is 2.43. The van der Waals surface area contributed by atoms with Crippen molar-refractivity contribution in [3.05, 3.63) is 60.8 Å². The van der Waals surface area contributed by atoms with Crippen LogP contribution in [0.3, 0.4) is 0 Å². The van der Waals surface area contributed by atoms with Gasteiger partial charge in [-0.1, -0.05) is 126 Å². The Balaban J connectivity index is 2.32. The Labute approximate surface area is 338 Å². The topological polar surface area (TPSA) is 161 Å². The molecule has 1 heterocycles. The number of ether oxygens (including phenoxy) is 3. The van der Waals surface area contributed by atoms with Gasteiger partial charge < -0.3 is 29.3 Å². The molecular weight excluding hydrogens is 735 g/mol. The van der Waals surface area contributed by atoms with E-state index in [-0.39, 0.29) is 19.4 Å². The number of carbonyl (C=O) groups excluding carboxylic acids is 2. The second kappa shape index (κ2) is 35.8. The van der Waals surface area contributed by atoms with Gasteiger partial charge in [0.1, 0.15) is 12.7 Å². The highest BCUT2D eigenvalue weighted by molar-refractivity contribution is 7.47. The third-order valence-corrected chi connectivity index (χ3v) is 10.0. The molecule has 0 aliphatic carbocycles. The van der Waals surface area contributed by atoms with Crippen molar-refractivity contribution in [2.75, 3.05) is 26.4 Å². The van der Waals surface area contributed by atoms with E-state index in [0.717, 1.165) is 64.2 Å². The molecule has 0 bridgehead atoms. The van der Waals surface area contributed by atoms with Gasteiger partial charge in [-0.25, -0.2) is 4.57 Å². The number of hydrogen-bond acceptors (Lipinski definition) is 10. The molecule has 0 spiro atoms. The van der Waals surface area contributed by atoms with Crippen LogP contribution in [-0.2, 0) is 37.4 Å². The minimum Gasteiger partial charge on any atom is -0.462 e. The number of unbranched alkanes of at least 4 members (excludes halogenated alkanes) is 13. The number of phosphoric acid groups is 1. The van der Waals surface area contributed by atoms with Crippen LogP contribution in [0, 0.1) is 0 Å². The second-order valence-electron chi connectivity index (χ2n) is 14.4. The number of aliphatic hydroxyl groups excluding tert-OH is 2. The quantitative estimate of drug-likeness (QED) is 0.0136. The molecular formula is C44H75O11P. The van der Waals surface area contributed by atoms with E-state index in [2.05, 4.69) is 67.0 Å². The monoisotopic (exact) mass is 811 g/mol. The van der Waals surface area contributed by atoms with Crippen LogP contribution in [0.15, 0.2) is 60.8 Å². The van der Waals surface area contributed by atoms with Crippen molar-refractivity contribution in [3.63, 3.8) is 0 Å². The zero-order chi connectivity index (χ0) is 41.0. The smallest absolute Gasteiger partial charge is 0.462 e. The molecule has 0 radical (unpaired) electrons. The molecule has 0 aromatic rings. The maximum Gasteiger partial charge on any atom is 0.472 e. The van der Waals surface area contributed by atoms with Gasteiger partial charge in [0.05, 0.1) is 32.0 Å². The van der Waals surface area contributed by atoms with Crippen molar-refractivity contribution < 1.29 is 52.5 Å². The lowest BCUT2D eigenvalue weighted by Crippen LogP contribution is -2.29. The fraction of sp³-hybridized carbons (Fsp3) is 0.727. The van der Waals surface area contributed by atoms with E-state index in [4.69, 9.17) is 23.8 Å². The van der Waals surface area contributed by atoms with E-state index in [1.807, 2.05) is 12.2 Å². The Morgan fingerprint density at radius 3 is 1.86 bits per heavy atom. The fourth-order valence-corrected chi connectivity index (χ4v) is 6.39. The molecule has 56 heavy (non-hydrogen) atoms. The molecule has 1 rings (SSSR count). The number of epoxide rings is 1. The maximum atomic E-state index is 12.6. The summed E-state index contributed by atoms with van der Waals surface area (Å²) < 4.78 is 38.4. The highest BCUT2D eigenvalue weighted by atomic mass is 31.2. The van der Waals surface area contributed by atoms with E-state index in [0.29, 0.717) is 31.5 Å². The number of allylic oxidation sites excluding steroid dienone is 8. The van der Waals surface area contributed by atoms with Crippen molar-refractivity contribution in [3.8, 4) is 0 Å². The summed E-state index contributed by atoms with van der Waals surface area (Å²) in [6.07, 6.45) is 40.8. The Morgan fingerprint density at radius 2 is 1.16 bits per heavy atom. The lowest BCUT2D eigenvalue weighted by molar-refractivity contribution is -0.161. The van der Waals surface area contributed by atoms with Crippen molar-refractivity contribution >= 4 is 19.8 Å². The summed E-state index contributed by atoms with van der Waals surface area (Å²) in [5, 5.41) is 18.3. The van der Waals surface area contributed by atoms with Gasteiger partial charge in [-0.15, -0.1) is 0 Å². The molecule has 5 atom stereocenters. The van der Waals surface area contributed by atoms with Gasteiger partial charge in [0, 0.05) is 12.8 Å². The number of rotatable bonds is 38. The average molecular weight is 811 g/mol. The molecule has 1 aliphatic rings. The van der Waals surface area contributed by atoms with Crippen molar-refractivity contribution in [2.24, 2.45) is 0 Å². The van der Waals surface area contributed by atoms with Crippen LogP contribution in [-0.4, -0.2) is 77.9 Å². The Morgan fingerprint density at radius 1 is 0.643 bits per heavy atom. The van der Waals surface area contributed by atoms with Crippen LogP contribution in [0.4, 0.5) is 0 Å². The first-order valence-corrected chi connectivity index (χ1v) is 22.9. The summed E-state index contributed by atoms with van der Waals surface area (Å²) >= 11 is 0. The minimum absolute atomic E-state index is 0.0969. The SMILES string of the molecule is CCCCC/C=C\CC1OC1C/C=C\C/C=C\CCCC(=O)O[C@H](COC(=O)CCCCCCC/C=C\C=C/CCCCCC)COP(=O)(O)OC[C@@H](O)CO. The summed E-state index contributed by atoms with van der Waals surface area (Å²) in [4.78, 5) is 35.0. The molecule has 11 nitrogen and oxygen atoms in total. The first kappa shape index (κ1) is 51.6. The van der Waals surface area contributed by atoms with Crippen molar-refractivity contribution in [2.45, 2.75) is 180 Å². The number of carbonyl (C=O) groups is 2. The summed E-state index contributed by atoms with van der Waals surface area (Å²) in [6, 6.07) is 0. The van der Waals surface area contributed by atoms with Crippen LogP contribution in [0.2, 0.25) is 0 Å². The number of hydrogen-bond donors (Lipinski definition) is 3. The van der Waals surface area contributed by atoms with Gasteiger partial charge in [-0.2, -0.15) is 0 Å². The van der Waals surface area contributed by atoms with Crippen molar-refractivity contribution in [1.82, 2.24) is 0 Å². The van der Waals surface area contributed by atoms with Gasteiger partial charge in [0.25, 0.3) is 0 Å². The first-order valence-electron chi connectivity index (χ1n) is 21.4. The lowest BCUT2D eigenvalue weighted by Gasteiger charge is -2.20. The summed E-state index contributed by atoms with van der Waals surface area (Å²) in [5.74, 6) is -1.02. The molecule has 322 valence electrons. The van der Waals surface area contributed by atoms with E-state index in [1.54, 1.807) is 0 Å². The lowest BCUT2D eigenvalue weighted by atomic mass is 10.1. The largest absolute Gasteiger partial charge is 0.472 e. The Kier molecular flexibility index (Phi) is 33.0. The molecule has 0 aromatic carbocycles. The number of esters is 2. The summed E-state index contributed by atoms with van der Waals surface area (Å²) in [6.45, 7) is 2.22. The Hall–Kier alpha value is -2.37. The normalized spacial score (nSPS) is 18.1. The van der Waals surface area contributed by atoms with Crippen LogP contribution in [0.5, 0.6) is 0 Å². The zero-order valence-corrected chi connectivity index (χ0v) is 35.4. The van der Waals surface area contributed by atoms with E-state index in [1.165, 1.54) is 44.9 Å². The number of phosphoric ester groups is 1. The molecule has 1 fully saturated rings. The highest BCUT2D eigenvalue weighted by Gasteiger charge is 2.36. The Bertz CT molecular complexity index is 1180. The van der Waals surface area contributed by atoms with Gasteiger partial charge in [0.15, 0.2) is 6.10 Å². The average Bonchev–Trinajstić information content (AvgIpc) is 3.94. The molecule has 3 N–H and O–H groups in total. The summed E-state index contributed by atoms with van der Waals surface area (Å²) in [7, 11) is -4.64. The molecule has 1 saturated heterocycles. The van der Waals surface area contributed by atoms with E-state index in [9.17, 15) is 24.2 Å². The van der Waals surface area contributed by atoms with E-state index < -0.39 is 51.8 Å². The van der Waals surface area contributed by atoms with Gasteiger partial charge in [-0.3, -0.25) is 18.6 Å². The molecule has 3 unspecified atom stereocenters. The van der Waals surface area contributed by atoms with Crippen LogP contribution < -0.4 is 0 Å². The van der Waals surface area contributed by atoms with Crippen LogP contribution >= 0.6 is 7.82 Å². The minimum atomic E-state index is -4.64. The number of aliphatic hydroxyl groups is 2. The maximum absolute atomic E-state index is 12.6. The van der Waals surface area contributed by atoms with Crippen LogP contribution in [0.25, 0.3) is 0 Å². The molecule has 1 aliphatic heterocycles. The standard InChI is InChI=1S/C44H75O11P/c1-3-5-7-9-11-12-13-14-15-16-17-18-21-25-29-33-43(47)51-37-40(38-53-56(49,50)52-36-39(46)35-45)54-44(48)34-30-26-22-19-20-24-28-32-42-41(55-42)31-27-23-10-8-6-4-2/h12-15,19,22-24,27-28,39-42,45-46H,3-11,16-18,20-21,25-26,29-38H2,1-2H3,(H,49,50)/b13-12-,15-14-,22-19-,27-23-,28-24-/t39-,40+,41?,42?/m0/s1. The van der Waals surface area contributed by atoms with Gasteiger partial charge >= 0.3 is 19.8 Å². The molecule has 0 amide bonds. The second-order valence-corrected chi connectivity index (χ2v) is 15.9. The van der Waals surface area contributed by atoms with E-state index >= 15 is 0 Å². The predicted octanol–water partition coefficient (Wildman–Crippen LogP) is 10.1.